The monoisotopic (exact) mass is 393 g/mol. The minimum absolute atomic E-state index is 0.390. The minimum atomic E-state index is 0.390. The first-order chi connectivity index (χ1) is 11.2. The molecule has 0 unspecified atom stereocenters. The molecule has 120 valence electrons. The molecule has 0 radical (unpaired) electrons. The summed E-state index contributed by atoms with van der Waals surface area (Å²) in [6.07, 6.45) is 3.99. The van der Waals surface area contributed by atoms with Gasteiger partial charge in [-0.1, -0.05) is 0 Å². The van der Waals surface area contributed by atoms with Gasteiger partial charge in [0.15, 0.2) is 5.65 Å². The first kappa shape index (κ1) is 14.8. The minimum Gasteiger partial charge on any atom is -0.350 e. The van der Waals surface area contributed by atoms with Crippen LogP contribution >= 0.6 is 27.5 Å². The van der Waals surface area contributed by atoms with Crippen LogP contribution in [0.3, 0.4) is 0 Å². The number of rotatable bonds is 3. The topological polar surface area (TPSA) is 71.2 Å². The number of aryl methyl sites for hydroxylation is 1. The van der Waals surface area contributed by atoms with Crippen LogP contribution in [-0.2, 0) is 0 Å². The van der Waals surface area contributed by atoms with E-state index in [0.717, 1.165) is 47.0 Å². The Morgan fingerprint density at radius 3 is 2.83 bits per heavy atom. The normalized spacial score (nSPS) is 16.2. The molecule has 0 aromatic carbocycles. The summed E-state index contributed by atoms with van der Waals surface area (Å²) in [4.78, 5) is 11.3. The van der Waals surface area contributed by atoms with Crippen molar-refractivity contribution >= 4 is 44.2 Å². The number of hydrogen-bond acceptors (Lipinski definition) is 7. The molecule has 0 bridgehead atoms. The molecule has 1 aliphatic heterocycles. The largest absolute Gasteiger partial charge is 0.350 e. The van der Waals surface area contributed by atoms with Gasteiger partial charge in [0.1, 0.15) is 5.82 Å². The number of anilines is 2. The van der Waals surface area contributed by atoms with Crippen molar-refractivity contribution in [1.82, 2.24) is 24.0 Å². The van der Waals surface area contributed by atoms with E-state index in [-0.39, 0.29) is 0 Å². The molecule has 0 spiro atoms. The zero-order chi connectivity index (χ0) is 15.8. The summed E-state index contributed by atoms with van der Waals surface area (Å²) in [6, 6.07) is 4.31. The second kappa shape index (κ2) is 6.04. The van der Waals surface area contributed by atoms with Crippen LogP contribution in [0.1, 0.15) is 18.7 Å². The number of pyridine rings is 1. The molecule has 4 rings (SSSR count). The van der Waals surface area contributed by atoms with Crippen LogP contribution in [-0.4, -0.2) is 43.1 Å². The molecule has 3 aromatic rings. The molecule has 9 heteroatoms. The lowest BCUT2D eigenvalue weighted by atomic mass is 10.1. The molecule has 1 aliphatic rings. The summed E-state index contributed by atoms with van der Waals surface area (Å²) in [5.74, 6) is 1.54. The van der Waals surface area contributed by atoms with Crippen LogP contribution in [0.2, 0.25) is 0 Å². The van der Waals surface area contributed by atoms with E-state index in [1.54, 1.807) is 4.52 Å². The second-order valence-corrected chi connectivity index (χ2v) is 7.26. The first-order valence-electron chi connectivity index (χ1n) is 7.51. The third-order valence-electron chi connectivity index (χ3n) is 3.91. The fourth-order valence-electron chi connectivity index (χ4n) is 2.73. The highest BCUT2D eigenvalue weighted by molar-refractivity contribution is 9.10. The van der Waals surface area contributed by atoms with Gasteiger partial charge in [-0.25, -0.2) is 9.50 Å². The lowest BCUT2D eigenvalue weighted by Gasteiger charge is -2.31. The van der Waals surface area contributed by atoms with E-state index in [1.807, 2.05) is 25.3 Å². The van der Waals surface area contributed by atoms with E-state index in [2.05, 4.69) is 45.6 Å². The summed E-state index contributed by atoms with van der Waals surface area (Å²) in [5.41, 5.74) is 0.845. The molecular formula is C14H16BrN7S. The predicted molar refractivity (Wildman–Crippen MR) is 94.2 cm³/mol. The van der Waals surface area contributed by atoms with E-state index >= 15 is 0 Å². The molecule has 0 saturated carbocycles. The van der Waals surface area contributed by atoms with Crippen molar-refractivity contribution in [2.24, 2.45) is 0 Å². The van der Waals surface area contributed by atoms with Crippen molar-refractivity contribution in [2.45, 2.75) is 25.8 Å². The molecule has 1 fully saturated rings. The van der Waals surface area contributed by atoms with Crippen LogP contribution in [0.5, 0.6) is 0 Å². The van der Waals surface area contributed by atoms with Crippen LogP contribution in [0.4, 0.5) is 11.1 Å². The third kappa shape index (κ3) is 3.16. The lowest BCUT2D eigenvalue weighted by Crippen LogP contribution is -2.39. The predicted octanol–water partition coefficient (Wildman–Crippen LogP) is 2.73. The second-order valence-electron chi connectivity index (χ2n) is 5.62. The maximum Gasteiger partial charge on any atom is 0.243 e. The van der Waals surface area contributed by atoms with E-state index in [1.165, 1.54) is 11.5 Å². The molecule has 4 heterocycles. The van der Waals surface area contributed by atoms with Gasteiger partial charge in [0.25, 0.3) is 0 Å². The zero-order valence-corrected chi connectivity index (χ0v) is 15.0. The van der Waals surface area contributed by atoms with Crippen LogP contribution in [0, 0.1) is 6.92 Å². The average Bonchev–Trinajstić information content (AvgIpc) is 3.13. The summed E-state index contributed by atoms with van der Waals surface area (Å²) < 4.78 is 7.03. The van der Waals surface area contributed by atoms with E-state index in [4.69, 9.17) is 0 Å². The highest BCUT2D eigenvalue weighted by Gasteiger charge is 2.22. The summed E-state index contributed by atoms with van der Waals surface area (Å²) in [5, 5.41) is 8.95. The van der Waals surface area contributed by atoms with Crippen LogP contribution in [0.25, 0.3) is 5.65 Å². The summed E-state index contributed by atoms with van der Waals surface area (Å²) in [7, 11) is 0. The SMILES string of the molecule is Cc1nsc(N2CCC(Nc3nc4ccc(Br)cn4n3)CC2)n1. The first-order valence-corrected chi connectivity index (χ1v) is 9.08. The average molecular weight is 394 g/mol. The number of halogens is 1. The van der Waals surface area contributed by atoms with Crippen molar-refractivity contribution in [3.8, 4) is 0 Å². The Labute approximate surface area is 146 Å². The number of piperidine rings is 1. The van der Waals surface area contributed by atoms with Gasteiger partial charge >= 0.3 is 0 Å². The Morgan fingerprint density at radius 1 is 1.26 bits per heavy atom. The van der Waals surface area contributed by atoms with Gasteiger partial charge < -0.3 is 10.2 Å². The highest BCUT2D eigenvalue weighted by atomic mass is 79.9. The molecule has 0 amide bonds. The van der Waals surface area contributed by atoms with E-state index in [9.17, 15) is 0 Å². The quantitative estimate of drug-likeness (QED) is 0.737. The van der Waals surface area contributed by atoms with E-state index in [0.29, 0.717) is 12.0 Å². The molecule has 3 aromatic heterocycles. The van der Waals surface area contributed by atoms with Gasteiger partial charge in [0.2, 0.25) is 11.1 Å². The smallest absolute Gasteiger partial charge is 0.243 e. The Morgan fingerprint density at radius 2 is 2.09 bits per heavy atom. The summed E-state index contributed by atoms with van der Waals surface area (Å²) in [6.45, 7) is 3.89. The van der Waals surface area contributed by atoms with Gasteiger partial charge in [-0.05, 0) is 47.8 Å². The Bertz CT molecular complexity index is 822. The Balaban J connectivity index is 1.40. The molecule has 23 heavy (non-hydrogen) atoms. The Hall–Kier alpha value is -1.74. The number of hydrogen-bond donors (Lipinski definition) is 1. The fourth-order valence-corrected chi connectivity index (χ4v) is 3.78. The van der Waals surface area contributed by atoms with Crippen LogP contribution < -0.4 is 10.2 Å². The molecular weight excluding hydrogens is 378 g/mol. The fraction of sp³-hybridized carbons (Fsp3) is 0.429. The van der Waals surface area contributed by atoms with Crippen LogP contribution in [0.15, 0.2) is 22.8 Å². The van der Waals surface area contributed by atoms with Gasteiger partial charge in [0, 0.05) is 41.3 Å². The molecule has 1 N–H and O–H groups in total. The molecule has 0 aliphatic carbocycles. The summed E-state index contributed by atoms with van der Waals surface area (Å²) >= 11 is 4.92. The Kier molecular flexibility index (Phi) is 3.90. The zero-order valence-electron chi connectivity index (χ0n) is 12.6. The molecule has 7 nitrogen and oxygen atoms in total. The molecule has 1 saturated heterocycles. The number of nitrogens with zero attached hydrogens (tertiary/aromatic N) is 6. The third-order valence-corrected chi connectivity index (χ3v) is 5.25. The highest BCUT2D eigenvalue weighted by Crippen LogP contribution is 2.23. The van der Waals surface area contributed by atoms with Crippen molar-refractivity contribution < 1.29 is 0 Å². The van der Waals surface area contributed by atoms with Crippen molar-refractivity contribution in [3.63, 3.8) is 0 Å². The van der Waals surface area contributed by atoms with Gasteiger partial charge in [0.05, 0.1) is 0 Å². The van der Waals surface area contributed by atoms with E-state index < -0.39 is 0 Å². The number of aromatic nitrogens is 5. The maximum atomic E-state index is 4.51. The standard InChI is InChI=1S/C14H16BrN7S/c1-9-16-14(23-20-9)21-6-4-11(5-7-21)17-13-18-12-3-2-10(15)8-22(12)19-13/h2-3,8,11H,4-7H2,1H3,(H,17,19). The number of fused-ring (bicyclic) bond motifs is 1. The van der Waals surface area contributed by atoms with Crippen molar-refractivity contribution in [2.75, 3.05) is 23.3 Å². The molecule has 0 atom stereocenters. The number of nitrogens with one attached hydrogen (secondary N) is 1. The van der Waals surface area contributed by atoms with Gasteiger partial charge in [-0.2, -0.15) is 9.36 Å². The van der Waals surface area contributed by atoms with Crippen molar-refractivity contribution in [3.05, 3.63) is 28.6 Å². The van der Waals surface area contributed by atoms with Crippen molar-refractivity contribution in [1.29, 1.82) is 0 Å². The lowest BCUT2D eigenvalue weighted by molar-refractivity contribution is 0.523. The maximum absolute atomic E-state index is 4.51. The van der Waals surface area contributed by atoms with Gasteiger partial charge in [-0.3, -0.25) is 0 Å². The van der Waals surface area contributed by atoms with Gasteiger partial charge in [-0.15, -0.1) is 5.10 Å².